The molecule has 0 aromatic rings. The second-order valence-electron chi connectivity index (χ2n) is 1.29. The summed E-state index contributed by atoms with van der Waals surface area (Å²) in [6.45, 7) is 2.60. The maximum absolute atomic E-state index is 9.77. The smallest absolute Gasteiger partial charge is 0.194 e. The molecule has 0 unspecified atom stereocenters. The predicted molar refractivity (Wildman–Crippen MR) is 21.7 cm³/mol. The largest absolute Gasteiger partial charge is 0.345 e. The average Bonchev–Trinajstić information content (AvgIpc) is 0.722. The van der Waals surface area contributed by atoms with Crippen molar-refractivity contribution in [1.29, 1.82) is 0 Å². The van der Waals surface area contributed by atoms with Gasteiger partial charge in [-0.1, -0.05) is 0 Å². The third-order valence-corrected chi connectivity index (χ3v) is 0. The van der Waals surface area contributed by atoms with Crippen molar-refractivity contribution in [3.63, 3.8) is 0 Å². The first-order chi connectivity index (χ1) is 2.00. The summed E-state index contributed by atoms with van der Waals surface area (Å²) in [7, 11) is -2.64. The zero-order valence-corrected chi connectivity index (χ0v) is 7.61. The van der Waals surface area contributed by atoms with Crippen LogP contribution in [0.2, 0.25) is 0 Å². The van der Waals surface area contributed by atoms with Gasteiger partial charge in [-0.3, -0.25) is 4.57 Å². The molecule has 0 atom stereocenters. The van der Waals surface area contributed by atoms with E-state index in [2.05, 4.69) is 0 Å². The third kappa shape index (κ3) is 58.3. The Balaban J connectivity index is 0. The van der Waals surface area contributed by atoms with Crippen LogP contribution in [0.5, 0.6) is 0 Å². The number of hydrogen-bond donors (Lipinski definition) is 1. The Bertz CT molecular complexity index is 57.7. The molecule has 0 bridgehead atoms. The van der Waals surface area contributed by atoms with Crippen LogP contribution in [0.25, 0.3) is 0 Å². The van der Waals surface area contributed by atoms with Crippen LogP contribution in [0, 0.1) is 0 Å². The fraction of sp³-hybridized carbons (Fsp3) is 1.00. The van der Waals surface area contributed by atoms with E-state index in [4.69, 9.17) is 4.89 Å². The molecule has 0 heterocycles. The van der Waals surface area contributed by atoms with E-state index in [1.54, 1.807) is 0 Å². The van der Waals surface area contributed by atoms with E-state index in [0.29, 0.717) is 0 Å². The van der Waals surface area contributed by atoms with Crippen LogP contribution in [-0.2, 0) is 37.3 Å². The Morgan fingerprint density at radius 3 is 1.50 bits per heavy atom. The van der Waals surface area contributed by atoms with E-state index in [1.165, 1.54) is 13.3 Å². The minimum absolute atomic E-state index is 0. The van der Waals surface area contributed by atoms with Crippen molar-refractivity contribution in [2.45, 2.75) is 0 Å². The van der Waals surface area contributed by atoms with E-state index in [1.807, 2.05) is 0 Å². The molecule has 0 aromatic heterocycles. The molecule has 0 saturated heterocycles. The van der Waals surface area contributed by atoms with Crippen LogP contribution in [0.15, 0.2) is 0 Å². The van der Waals surface area contributed by atoms with E-state index in [9.17, 15) is 4.57 Å². The molecule has 0 aliphatic heterocycles. The molecule has 0 rings (SSSR count). The van der Waals surface area contributed by atoms with E-state index in [-0.39, 0.29) is 32.7 Å². The molecular formula is C2H7O2PY. The molecular weight excluding hydrogens is 176 g/mol. The maximum atomic E-state index is 9.77. The first kappa shape index (κ1) is 10.3. The van der Waals surface area contributed by atoms with E-state index >= 15 is 0 Å². The molecule has 0 fully saturated rings. The standard InChI is InChI=1S/C2H7O2P.Y/c1-5(2,3)4;/h1-2H3,(H,3,4);. The van der Waals surface area contributed by atoms with Crippen molar-refractivity contribution in [2.75, 3.05) is 13.3 Å². The van der Waals surface area contributed by atoms with Crippen molar-refractivity contribution in [1.82, 2.24) is 0 Å². The summed E-state index contributed by atoms with van der Waals surface area (Å²) in [5.74, 6) is 0. The van der Waals surface area contributed by atoms with Gasteiger partial charge in [-0.2, -0.15) is 0 Å². The van der Waals surface area contributed by atoms with Crippen molar-refractivity contribution >= 4 is 7.37 Å². The molecule has 0 spiro atoms. The Labute approximate surface area is 62.7 Å². The van der Waals surface area contributed by atoms with Crippen molar-refractivity contribution < 1.29 is 42.2 Å². The first-order valence-corrected chi connectivity index (χ1v) is 3.83. The normalized spacial score (nSPS) is 9.83. The predicted octanol–water partition coefficient (Wildman–Crippen LogP) is 0.514. The Morgan fingerprint density at radius 2 is 1.50 bits per heavy atom. The summed E-state index contributed by atoms with van der Waals surface area (Å²) in [4.78, 5) is 8.08. The molecule has 1 N–H and O–H groups in total. The van der Waals surface area contributed by atoms with Crippen molar-refractivity contribution in [3.05, 3.63) is 0 Å². The Morgan fingerprint density at radius 1 is 1.50 bits per heavy atom. The summed E-state index contributed by atoms with van der Waals surface area (Å²) < 4.78 is 9.77. The van der Waals surface area contributed by atoms with Gasteiger partial charge in [-0.05, 0) is 0 Å². The fourth-order valence-corrected chi connectivity index (χ4v) is 0. The molecule has 35 valence electrons. The van der Waals surface area contributed by atoms with Crippen molar-refractivity contribution in [3.8, 4) is 0 Å². The van der Waals surface area contributed by atoms with E-state index < -0.39 is 7.37 Å². The molecule has 0 aliphatic carbocycles. The first-order valence-electron chi connectivity index (χ1n) is 1.28. The van der Waals surface area contributed by atoms with Gasteiger partial charge in [0.1, 0.15) is 0 Å². The van der Waals surface area contributed by atoms with Gasteiger partial charge in [-0.25, -0.2) is 0 Å². The van der Waals surface area contributed by atoms with Crippen LogP contribution in [-0.4, -0.2) is 18.2 Å². The summed E-state index contributed by atoms with van der Waals surface area (Å²) >= 11 is 0. The molecule has 6 heavy (non-hydrogen) atoms. The molecule has 0 amide bonds. The van der Waals surface area contributed by atoms with Gasteiger partial charge in [0.15, 0.2) is 7.37 Å². The maximum Gasteiger partial charge on any atom is 0.194 e. The zero-order chi connectivity index (χ0) is 4.50. The van der Waals surface area contributed by atoms with E-state index in [0.717, 1.165) is 0 Å². The molecule has 2 nitrogen and oxygen atoms in total. The summed E-state index contributed by atoms with van der Waals surface area (Å²) in [6, 6.07) is 0. The number of hydrogen-bond acceptors (Lipinski definition) is 1. The average molecular weight is 183 g/mol. The van der Waals surface area contributed by atoms with Gasteiger partial charge in [0.05, 0.1) is 0 Å². The minimum atomic E-state index is -2.64. The summed E-state index contributed by atoms with van der Waals surface area (Å²) in [5, 5.41) is 0. The van der Waals surface area contributed by atoms with Crippen LogP contribution >= 0.6 is 7.37 Å². The molecule has 4 heteroatoms. The van der Waals surface area contributed by atoms with Gasteiger partial charge in [0.25, 0.3) is 0 Å². The number of rotatable bonds is 0. The van der Waals surface area contributed by atoms with Gasteiger partial charge in [0.2, 0.25) is 0 Å². The monoisotopic (exact) mass is 183 g/mol. The summed E-state index contributed by atoms with van der Waals surface area (Å²) in [6.07, 6.45) is 0. The molecule has 0 aliphatic rings. The minimum Gasteiger partial charge on any atom is -0.345 e. The van der Waals surface area contributed by atoms with Crippen LogP contribution in [0.4, 0.5) is 0 Å². The second-order valence-corrected chi connectivity index (χ2v) is 3.88. The quantitative estimate of drug-likeness (QED) is 0.555. The van der Waals surface area contributed by atoms with Crippen LogP contribution < -0.4 is 0 Å². The molecule has 0 aromatic carbocycles. The van der Waals surface area contributed by atoms with Gasteiger partial charge < -0.3 is 4.89 Å². The fourth-order valence-electron chi connectivity index (χ4n) is 0. The SMILES string of the molecule is CP(C)(=O)O.[Y]. The summed E-state index contributed by atoms with van der Waals surface area (Å²) in [5.41, 5.74) is 0. The van der Waals surface area contributed by atoms with Crippen molar-refractivity contribution in [2.24, 2.45) is 0 Å². The van der Waals surface area contributed by atoms with Gasteiger partial charge >= 0.3 is 0 Å². The second kappa shape index (κ2) is 3.32. The zero-order valence-electron chi connectivity index (χ0n) is 3.88. The van der Waals surface area contributed by atoms with Crippen LogP contribution in [0.3, 0.4) is 0 Å². The van der Waals surface area contributed by atoms with Gasteiger partial charge in [-0.15, -0.1) is 0 Å². The Kier molecular flexibility index (Phi) is 5.70. The van der Waals surface area contributed by atoms with Gasteiger partial charge in [0, 0.05) is 46.0 Å². The third-order valence-electron chi connectivity index (χ3n) is 0. The molecule has 1 radical (unpaired) electrons. The Hall–Kier alpha value is 1.29. The van der Waals surface area contributed by atoms with Crippen LogP contribution in [0.1, 0.15) is 0 Å². The topological polar surface area (TPSA) is 37.3 Å². The molecule has 0 saturated carbocycles.